The van der Waals surface area contributed by atoms with E-state index >= 15 is 0 Å². The third-order valence-corrected chi connectivity index (χ3v) is 6.24. The van der Waals surface area contributed by atoms with Crippen LogP contribution < -0.4 is 5.32 Å². The van der Waals surface area contributed by atoms with Gasteiger partial charge < -0.3 is 10.1 Å². The Hall–Kier alpha value is -0.700. The molecule has 0 radical (unpaired) electrons. The van der Waals surface area contributed by atoms with Crippen LogP contribution in [0, 0.1) is 0 Å². The maximum absolute atomic E-state index is 12.1. The highest BCUT2D eigenvalue weighted by molar-refractivity contribution is 7.91. The van der Waals surface area contributed by atoms with E-state index in [1.54, 1.807) is 0 Å². The average Bonchev–Trinajstić information content (AvgIpc) is 2.82. The summed E-state index contributed by atoms with van der Waals surface area (Å²) in [5.41, 5.74) is 0. The van der Waals surface area contributed by atoms with Crippen LogP contribution in [0.3, 0.4) is 0 Å². The van der Waals surface area contributed by atoms with Gasteiger partial charge in [0, 0.05) is 32.2 Å². The van der Waals surface area contributed by atoms with Crippen molar-refractivity contribution in [1.82, 2.24) is 15.1 Å². The number of nitrogens with zero attached hydrogens (tertiary/aromatic N) is 2. The molecular weight excluding hydrogens is 318 g/mol. The van der Waals surface area contributed by atoms with Gasteiger partial charge in [-0.15, -0.1) is 0 Å². The molecule has 7 nitrogen and oxygen atoms in total. The highest BCUT2D eigenvalue weighted by Gasteiger charge is 2.29. The number of amides is 1. The van der Waals surface area contributed by atoms with Crippen molar-refractivity contribution < 1.29 is 17.9 Å². The Morgan fingerprint density at radius 1 is 1.43 bits per heavy atom. The minimum Gasteiger partial charge on any atom is -0.376 e. The predicted molar refractivity (Wildman–Crippen MR) is 89.2 cm³/mol. The Morgan fingerprint density at radius 3 is 2.83 bits per heavy atom. The molecule has 1 N–H and O–H groups in total. The standard InChI is InChI=1S/C15H29N3O4S/c1-3-17(5-6-18-7-8-22-13(2)10-18)11-15(19)16-14-4-9-23(20,21)12-14/h13-14H,3-12H2,1-2H3,(H,16,19)/t13-,14-/m0/s1. The fraction of sp³-hybridized carbons (Fsp3) is 0.933. The molecule has 2 aliphatic heterocycles. The maximum Gasteiger partial charge on any atom is 0.234 e. The molecule has 0 aliphatic carbocycles. The Kier molecular flexibility index (Phi) is 6.82. The zero-order chi connectivity index (χ0) is 16.9. The van der Waals surface area contributed by atoms with E-state index in [1.165, 1.54) is 0 Å². The SMILES string of the molecule is CCN(CCN1CCO[C@@H](C)C1)CC(=O)N[C@H]1CCS(=O)(=O)C1. The number of carbonyl (C=O) groups excluding carboxylic acids is 1. The molecular formula is C15H29N3O4S. The molecule has 0 bridgehead atoms. The van der Waals surface area contributed by atoms with Crippen molar-refractivity contribution in [3.05, 3.63) is 0 Å². The summed E-state index contributed by atoms with van der Waals surface area (Å²) in [5, 5.41) is 2.85. The van der Waals surface area contributed by atoms with E-state index in [1.807, 2.05) is 6.92 Å². The van der Waals surface area contributed by atoms with Crippen molar-refractivity contribution in [2.45, 2.75) is 32.4 Å². The van der Waals surface area contributed by atoms with E-state index < -0.39 is 9.84 Å². The van der Waals surface area contributed by atoms with E-state index in [9.17, 15) is 13.2 Å². The fourth-order valence-electron chi connectivity index (χ4n) is 3.11. The number of morpholine rings is 1. The monoisotopic (exact) mass is 347 g/mol. The number of hydrogen-bond donors (Lipinski definition) is 1. The van der Waals surface area contributed by atoms with Gasteiger partial charge in [0.05, 0.1) is 30.8 Å². The number of ether oxygens (including phenoxy) is 1. The average molecular weight is 347 g/mol. The normalized spacial score (nSPS) is 28.1. The van der Waals surface area contributed by atoms with Crippen LogP contribution in [-0.4, -0.2) is 93.7 Å². The molecule has 2 saturated heterocycles. The second kappa shape index (κ2) is 8.41. The molecule has 2 atom stereocenters. The molecule has 8 heteroatoms. The molecule has 2 rings (SSSR count). The van der Waals surface area contributed by atoms with Crippen molar-refractivity contribution in [3.8, 4) is 0 Å². The Morgan fingerprint density at radius 2 is 2.22 bits per heavy atom. The van der Waals surface area contributed by atoms with Crippen LogP contribution in [-0.2, 0) is 19.4 Å². The highest BCUT2D eigenvalue weighted by Crippen LogP contribution is 2.11. The van der Waals surface area contributed by atoms with Crippen molar-refractivity contribution in [3.63, 3.8) is 0 Å². The van der Waals surface area contributed by atoms with Gasteiger partial charge in [-0.05, 0) is 19.9 Å². The summed E-state index contributed by atoms with van der Waals surface area (Å²) in [5.74, 6) is 0.186. The number of likely N-dealkylation sites (N-methyl/N-ethyl adjacent to an activating group) is 1. The van der Waals surface area contributed by atoms with E-state index in [0.29, 0.717) is 13.0 Å². The number of hydrogen-bond acceptors (Lipinski definition) is 6. The van der Waals surface area contributed by atoms with Crippen LogP contribution in [0.25, 0.3) is 0 Å². The lowest BCUT2D eigenvalue weighted by Crippen LogP contribution is -2.47. The summed E-state index contributed by atoms with van der Waals surface area (Å²) in [7, 11) is -2.95. The van der Waals surface area contributed by atoms with E-state index in [2.05, 4.69) is 22.0 Å². The molecule has 134 valence electrons. The first-order valence-corrected chi connectivity index (χ1v) is 10.3. The summed E-state index contributed by atoms with van der Waals surface area (Å²) in [6.45, 7) is 9.64. The van der Waals surface area contributed by atoms with E-state index in [4.69, 9.17) is 4.74 Å². The second-order valence-corrected chi connectivity index (χ2v) is 8.75. The summed E-state index contributed by atoms with van der Waals surface area (Å²) >= 11 is 0. The van der Waals surface area contributed by atoms with E-state index in [-0.39, 0.29) is 29.6 Å². The first-order chi connectivity index (χ1) is 10.9. The molecule has 0 spiro atoms. The van der Waals surface area contributed by atoms with Gasteiger partial charge in [-0.3, -0.25) is 14.6 Å². The van der Waals surface area contributed by atoms with Crippen molar-refractivity contribution >= 4 is 15.7 Å². The largest absolute Gasteiger partial charge is 0.376 e. The number of carbonyl (C=O) groups is 1. The van der Waals surface area contributed by atoms with Gasteiger partial charge in [-0.2, -0.15) is 0 Å². The Bertz CT molecular complexity index is 497. The van der Waals surface area contributed by atoms with Crippen molar-refractivity contribution in [1.29, 1.82) is 0 Å². The lowest BCUT2D eigenvalue weighted by atomic mass is 10.2. The zero-order valence-corrected chi connectivity index (χ0v) is 15.0. The lowest BCUT2D eigenvalue weighted by Gasteiger charge is -2.32. The second-order valence-electron chi connectivity index (χ2n) is 6.52. The molecule has 0 aromatic carbocycles. The van der Waals surface area contributed by atoms with Gasteiger partial charge in [0.2, 0.25) is 5.91 Å². The highest BCUT2D eigenvalue weighted by atomic mass is 32.2. The van der Waals surface area contributed by atoms with E-state index in [0.717, 1.165) is 39.3 Å². The third-order valence-electron chi connectivity index (χ3n) is 4.47. The summed E-state index contributed by atoms with van der Waals surface area (Å²) in [4.78, 5) is 16.6. The molecule has 2 fully saturated rings. The van der Waals surface area contributed by atoms with Crippen LogP contribution in [0.4, 0.5) is 0 Å². The molecule has 2 heterocycles. The maximum atomic E-state index is 12.1. The zero-order valence-electron chi connectivity index (χ0n) is 14.2. The quantitative estimate of drug-likeness (QED) is 0.658. The topological polar surface area (TPSA) is 79.0 Å². The van der Waals surface area contributed by atoms with Gasteiger partial charge in [0.15, 0.2) is 9.84 Å². The summed E-state index contributed by atoms with van der Waals surface area (Å²) < 4.78 is 28.4. The van der Waals surface area contributed by atoms with Crippen LogP contribution in [0.2, 0.25) is 0 Å². The van der Waals surface area contributed by atoms with Crippen LogP contribution in [0.15, 0.2) is 0 Å². The van der Waals surface area contributed by atoms with Crippen LogP contribution in [0.5, 0.6) is 0 Å². The number of sulfone groups is 1. The lowest BCUT2D eigenvalue weighted by molar-refractivity contribution is -0.122. The van der Waals surface area contributed by atoms with Crippen LogP contribution in [0.1, 0.15) is 20.3 Å². The molecule has 2 aliphatic rings. The van der Waals surface area contributed by atoms with Gasteiger partial charge in [-0.1, -0.05) is 6.92 Å². The Balaban J connectivity index is 1.70. The fourth-order valence-corrected chi connectivity index (χ4v) is 4.78. The molecule has 0 saturated carbocycles. The minimum absolute atomic E-state index is 0.0794. The molecule has 0 aromatic heterocycles. The number of rotatable bonds is 7. The third kappa shape index (κ3) is 6.37. The van der Waals surface area contributed by atoms with Gasteiger partial charge in [-0.25, -0.2) is 8.42 Å². The van der Waals surface area contributed by atoms with Crippen molar-refractivity contribution in [2.24, 2.45) is 0 Å². The summed E-state index contributed by atoms with van der Waals surface area (Å²) in [6.07, 6.45) is 0.803. The summed E-state index contributed by atoms with van der Waals surface area (Å²) in [6, 6.07) is -0.216. The van der Waals surface area contributed by atoms with Gasteiger partial charge in [0.25, 0.3) is 0 Å². The predicted octanol–water partition coefficient (Wildman–Crippen LogP) is -0.668. The van der Waals surface area contributed by atoms with Crippen molar-refractivity contribution in [2.75, 3.05) is 57.4 Å². The van der Waals surface area contributed by atoms with Crippen LogP contribution >= 0.6 is 0 Å². The number of nitrogens with one attached hydrogen (secondary N) is 1. The molecule has 1 amide bonds. The van der Waals surface area contributed by atoms with Gasteiger partial charge in [0.1, 0.15) is 0 Å². The molecule has 23 heavy (non-hydrogen) atoms. The Labute approximate surface area is 139 Å². The molecule has 0 aromatic rings. The first-order valence-electron chi connectivity index (χ1n) is 8.44. The minimum atomic E-state index is -2.95. The molecule has 0 unspecified atom stereocenters. The van der Waals surface area contributed by atoms with Gasteiger partial charge >= 0.3 is 0 Å². The smallest absolute Gasteiger partial charge is 0.234 e. The first kappa shape index (κ1) is 18.6.